The van der Waals surface area contributed by atoms with Gasteiger partial charge >= 0.3 is 13.1 Å². The first-order valence-corrected chi connectivity index (χ1v) is 12.1. The van der Waals surface area contributed by atoms with Gasteiger partial charge in [-0.05, 0) is 55.1 Å². The van der Waals surface area contributed by atoms with E-state index in [4.69, 9.17) is 18.4 Å². The predicted octanol–water partition coefficient (Wildman–Crippen LogP) is 3.86. The monoisotopic (exact) mass is 487 g/mol. The molecule has 2 bridgehead atoms. The number of carbonyl (C=O) groups is 1. The fraction of sp³-hybridized carbons (Fsp3) is 0.632. The van der Waals surface area contributed by atoms with Crippen molar-refractivity contribution in [3.05, 3.63) is 29.3 Å². The van der Waals surface area contributed by atoms with Crippen molar-refractivity contribution < 1.29 is 23.2 Å². The molecular formula is C19H30BNO5P4. The van der Waals surface area contributed by atoms with E-state index in [0.29, 0.717) is 35.0 Å². The van der Waals surface area contributed by atoms with E-state index < -0.39 is 5.97 Å². The Labute approximate surface area is 188 Å². The Morgan fingerprint density at radius 2 is 2.03 bits per heavy atom. The summed E-state index contributed by atoms with van der Waals surface area (Å²) in [6.45, 7) is 6.94. The minimum absolute atomic E-state index is 0.0936. The lowest BCUT2D eigenvalue weighted by Crippen LogP contribution is -2.65. The summed E-state index contributed by atoms with van der Waals surface area (Å²) in [4.78, 5) is 12.1. The highest BCUT2D eigenvalue weighted by atomic mass is 31.1. The van der Waals surface area contributed by atoms with Crippen LogP contribution in [0.1, 0.15) is 49.5 Å². The third kappa shape index (κ3) is 3.68. The number of hydrogen-bond donors (Lipinski definition) is 0. The number of benzene rings is 1. The van der Waals surface area contributed by atoms with Gasteiger partial charge < -0.3 is 18.4 Å². The van der Waals surface area contributed by atoms with Crippen LogP contribution in [0.2, 0.25) is 0 Å². The topological polar surface area (TPSA) is 57.2 Å². The highest BCUT2D eigenvalue weighted by molar-refractivity contribution is 7.31. The van der Waals surface area contributed by atoms with Gasteiger partial charge in [0.15, 0.2) is 0 Å². The third-order valence-corrected chi connectivity index (χ3v) is 8.85. The van der Waals surface area contributed by atoms with Gasteiger partial charge in [-0.15, -0.1) is 0 Å². The van der Waals surface area contributed by atoms with E-state index in [1.54, 1.807) is 6.07 Å². The van der Waals surface area contributed by atoms with Crippen LogP contribution < -0.4 is 4.52 Å². The molecule has 0 aromatic heterocycles. The lowest BCUT2D eigenvalue weighted by molar-refractivity contribution is -0.199. The largest absolute Gasteiger partial charge is 0.479 e. The number of nitrogens with zero attached hydrogens (tertiary/aromatic N) is 1. The van der Waals surface area contributed by atoms with Crippen LogP contribution in [0.4, 0.5) is 0 Å². The normalized spacial score (nSPS) is 32.4. The minimum atomic E-state index is -0.460. The summed E-state index contributed by atoms with van der Waals surface area (Å²) in [7, 11) is 9.24. The fourth-order valence-electron chi connectivity index (χ4n) is 5.74. The molecule has 30 heavy (non-hydrogen) atoms. The van der Waals surface area contributed by atoms with E-state index in [0.717, 1.165) is 12.0 Å². The molecule has 4 unspecified atom stereocenters. The van der Waals surface area contributed by atoms with Gasteiger partial charge in [0.1, 0.15) is 11.3 Å². The molecule has 0 spiro atoms. The molecule has 3 aliphatic carbocycles. The highest BCUT2D eigenvalue weighted by Crippen LogP contribution is 2.65. The van der Waals surface area contributed by atoms with Crippen molar-refractivity contribution in [2.45, 2.75) is 57.7 Å². The van der Waals surface area contributed by atoms with E-state index in [1.807, 2.05) is 26.0 Å². The van der Waals surface area contributed by atoms with Crippen LogP contribution in [-0.2, 0) is 20.3 Å². The van der Waals surface area contributed by atoms with E-state index in [9.17, 15) is 4.79 Å². The fourth-order valence-corrected chi connectivity index (χ4v) is 6.64. The van der Waals surface area contributed by atoms with Gasteiger partial charge in [0.25, 0.3) is 0 Å². The molecule has 0 amide bonds. The average molecular weight is 487 g/mol. The molecule has 164 valence electrons. The molecule has 4 fully saturated rings. The van der Waals surface area contributed by atoms with E-state index in [-0.39, 0.29) is 24.8 Å². The Hall–Kier alpha value is 0.155. The summed E-state index contributed by atoms with van der Waals surface area (Å²) >= 11 is 0. The van der Waals surface area contributed by atoms with Crippen molar-refractivity contribution >= 4 is 50.8 Å². The standard InChI is InChI=1S/C19H30BNO5P4/c1-18(2)11-8-13(18)19(3)14(9-11)23-20(26-19)15(21(27)28)7-10-5-4-6-12(16(10)24-29)17(22)25-30/h4-6,11,13-15H,7-9,27-30H2,1-3H3/t11-,13-,14+,15-,19-/m0/s1. The van der Waals surface area contributed by atoms with Crippen LogP contribution in [-0.4, -0.2) is 35.2 Å². The summed E-state index contributed by atoms with van der Waals surface area (Å²) in [5.74, 6) is 1.15. The number of hydrogen-bond acceptors (Lipinski definition) is 6. The van der Waals surface area contributed by atoms with E-state index >= 15 is 0 Å². The first kappa shape index (κ1) is 23.3. The molecule has 4 aliphatic rings. The van der Waals surface area contributed by atoms with Gasteiger partial charge in [-0.25, -0.2) is 4.79 Å². The SMILES string of the molecule is CC1(C)[C@@H]2C[C@H]3OB([C@H](Cc4cccc(C(=O)OP)c4OP)N(P)P)O[C@@]3(C)[C@H]1C2. The molecule has 1 aliphatic heterocycles. The molecule has 5 rings (SSSR count). The van der Waals surface area contributed by atoms with Crippen LogP contribution >= 0.6 is 37.7 Å². The second kappa shape index (κ2) is 8.50. The second-order valence-electron chi connectivity index (χ2n) is 9.37. The minimum Gasteiger partial charge on any atom is -0.479 e. The molecule has 1 saturated heterocycles. The zero-order valence-electron chi connectivity index (χ0n) is 17.5. The van der Waals surface area contributed by atoms with Crippen LogP contribution in [0.3, 0.4) is 0 Å². The Balaban J connectivity index is 1.59. The van der Waals surface area contributed by atoms with Crippen molar-refractivity contribution in [3.63, 3.8) is 0 Å². The third-order valence-electron chi connectivity index (χ3n) is 7.64. The lowest BCUT2D eigenvalue weighted by atomic mass is 9.43. The number of rotatable bonds is 6. The smallest absolute Gasteiger partial charge is 0.477 e. The Bertz CT molecular complexity index is 843. The first-order valence-electron chi connectivity index (χ1n) is 10.1. The number of carbonyl (C=O) groups excluding carboxylic acids is 1. The van der Waals surface area contributed by atoms with Gasteiger partial charge in [0.05, 0.1) is 36.6 Å². The van der Waals surface area contributed by atoms with E-state index in [2.05, 4.69) is 49.0 Å². The van der Waals surface area contributed by atoms with Gasteiger partial charge in [-0.3, -0.25) is 4.44 Å². The zero-order chi connectivity index (χ0) is 21.8. The van der Waals surface area contributed by atoms with Crippen LogP contribution in [0.25, 0.3) is 0 Å². The Kier molecular flexibility index (Phi) is 6.60. The maximum absolute atomic E-state index is 12.1. The molecule has 9 atom stereocenters. The second-order valence-corrected chi connectivity index (χ2v) is 11.6. The lowest BCUT2D eigenvalue weighted by Gasteiger charge is -2.64. The van der Waals surface area contributed by atoms with Crippen LogP contribution in [0.5, 0.6) is 5.75 Å². The maximum Gasteiger partial charge on any atom is 0.477 e. The Morgan fingerprint density at radius 1 is 1.30 bits per heavy atom. The molecular weight excluding hydrogens is 457 g/mol. The van der Waals surface area contributed by atoms with Crippen molar-refractivity contribution in [2.75, 3.05) is 0 Å². The molecule has 1 heterocycles. The van der Waals surface area contributed by atoms with Crippen LogP contribution in [0.15, 0.2) is 18.2 Å². The van der Waals surface area contributed by atoms with Crippen molar-refractivity contribution in [1.82, 2.24) is 4.44 Å². The Morgan fingerprint density at radius 3 is 2.63 bits per heavy atom. The van der Waals surface area contributed by atoms with Crippen molar-refractivity contribution in [3.8, 4) is 5.75 Å². The van der Waals surface area contributed by atoms with Crippen molar-refractivity contribution in [2.24, 2.45) is 17.3 Å². The predicted molar refractivity (Wildman–Crippen MR) is 131 cm³/mol. The molecule has 0 radical (unpaired) electrons. The molecule has 6 nitrogen and oxygen atoms in total. The van der Waals surface area contributed by atoms with Crippen molar-refractivity contribution in [1.29, 1.82) is 0 Å². The maximum atomic E-state index is 12.1. The number of para-hydroxylation sites is 1. The van der Waals surface area contributed by atoms with Crippen LogP contribution in [0, 0.1) is 17.3 Å². The molecule has 1 aromatic carbocycles. The quantitative estimate of drug-likeness (QED) is 0.449. The van der Waals surface area contributed by atoms with Gasteiger partial charge in [0, 0.05) is 0 Å². The molecule has 1 aromatic rings. The molecule has 0 N–H and O–H groups in total. The zero-order valence-corrected chi connectivity index (χ0v) is 22.2. The average Bonchev–Trinajstić information content (AvgIpc) is 3.07. The summed E-state index contributed by atoms with van der Waals surface area (Å²) in [6, 6.07) is 5.48. The molecule has 3 saturated carbocycles. The summed E-state index contributed by atoms with van der Waals surface area (Å²) in [5, 5.41) is 0. The summed E-state index contributed by atoms with van der Waals surface area (Å²) in [5.41, 5.74) is 1.30. The van der Waals surface area contributed by atoms with Gasteiger partial charge in [0.2, 0.25) is 0 Å². The molecule has 11 heteroatoms. The van der Waals surface area contributed by atoms with Gasteiger partial charge in [-0.1, -0.05) is 44.8 Å². The highest BCUT2D eigenvalue weighted by Gasteiger charge is 2.68. The van der Waals surface area contributed by atoms with E-state index in [1.165, 1.54) is 6.42 Å². The van der Waals surface area contributed by atoms with Gasteiger partial charge in [-0.2, -0.15) is 0 Å². The summed E-state index contributed by atoms with van der Waals surface area (Å²) < 4.78 is 25.5. The summed E-state index contributed by atoms with van der Waals surface area (Å²) in [6.07, 6.45) is 2.97. The first-order chi connectivity index (χ1) is 14.1.